The Hall–Kier alpha value is -2.82. The van der Waals surface area contributed by atoms with E-state index in [9.17, 15) is 9.59 Å². The molecule has 34 heavy (non-hydrogen) atoms. The van der Waals surface area contributed by atoms with Crippen molar-refractivity contribution in [3.8, 4) is 5.75 Å². The molecule has 5 nitrogen and oxygen atoms in total. The first kappa shape index (κ1) is 22.9. The Morgan fingerprint density at radius 3 is 2.50 bits per heavy atom. The first-order valence-corrected chi connectivity index (χ1v) is 12.5. The largest absolute Gasteiger partial charge is 0.489 e. The van der Waals surface area contributed by atoms with E-state index in [0.29, 0.717) is 24.4 Å². The third-order valence-electron chi connectivity index (χ3n) is 8.47. The van der Waals surface area contributed by atoms with Crippen LogP contribution in [0.5, 0.6) is 5.75 Å². The van der Waals surface area contributed by atoms with Crippen molar-refractivity contribution < 1.29 is 23.8 Å². The van der Waals surface area contributed by atoms with Crippen LogP contribution in [0.1, 0.15) is 69.1 Å². The van der Waals surface area contributed by atoms with Crippen LogP contribution in [0.15, 0.2) is 48.5 Å². The van der Waals surface area contributed by atoms with E-state index in [2.05, 4.69) is 37.3 Å². The molecule has 0 saturated heterocycles. The minimum Gasteiger partial charge on any atom is -0.489 e. The van der Waals surface area contributed by atoms with E-state index < -0.39 is 0 Å². The Balaban J connectivity index is 1.35. The smallest absolute Gasteiger partial charge is 0.303 e. The lowest BCUT2D eigenvalue weighted by atomic mass is 9.55. The predicted octanol–water partition coefficient (Wildman–Crippen LogP) is 5.60. The summed E-state index contributed by atoms with van der Waals surface area (Å²) in [6, 6.07) is 16.8. The Bertz CT molecular complexity index is 1060. The molecule has 2 fully saturated rings. The van der Waals surface area contributed by atoms with Crippen LogP contribution in [0, 0.1) is 17.3 Å². The van der Waals surface area contributed by atoms with Crippen LogP contribution in [0.3, 0.4) is 0 Å². The number of esters is 2. The molecule has 2 unspecified atom stereocenters. The number of ether oxygens (including phenoxy) is 3. The molecule has 0 spiro atoms. The fourth-order valence-corrected chi connectivity index (χ4v) is 7.05. The highest BCUT2D eigenvalue weighted by atomic mass is 16.6. The molecule has 5 rings (SSSR count). The van der Waals surface area contributed by atoms with Gasteiger partial charge in [0.2, 0.25) is 0 Å². The number of carbonyl (C=O) groups is 2. The van der Waals surface area contributed by atoms with Crippen LogP contribution in [0.2, 0.25) is 0 Å². The van der Waals surface area contributed by atoms with Gasteiger partial charge in [-0.25, -0.2) is 0 Å². The lowest BCUT2D eigenvalue weighted by Gasteiger charge is -2.50. The second-order valence-corrected chi connectivity index (χ2v) is 10.5. The number of benzene rings is 2. The predicted molar refractivity (Wildman–Crippen MR) is 128 cm³/mol. The molecule has 180 valence electrons. The standard InChI is InChI=1S/C29H34O5/c1-18(30)33-27-16-26-25-11-9-21-15-22(32-17-20-7-5-4-6-8-20)10-12-23(21)24(25)13-14-29(26,3)28(27)34-19(2)31/h4-8,10,12,15,24-28H,9,11,13-14,16-17H2,1-3H3/t24?,25-,26?,27-,28+,29+/m1/s1. The second kappa shape index (κ2) is 9.09. The molecule has 0 aliphatic heterocycles. The van der Waals surface area contributed by atoms with Crippen molar-refractivity contribution in [2.75, 3.05) is 0 Å². The molecule has 0 aromatic heterocycles. The summed E-state index contributed by atoms with van der Waals surface area (Å²) >= 11 is 0. The van der Waals surface area contributed by atoms with Crippen molar-refractivity contribution >= 4 is 11.9 Å². The van der Waals surface area contributed by atoms with Gasteiger partial charge in [0.15, 0.2) is 0 Å². The molecule has 3 aliphatic carbocycles. The SMILES string of the molecule is CC(=O)O[C@@H]1CC2[C@@H]3CCc4cc(OCc5ccccc5)ccc4C3CC[C@]2(C)[C@H]1OC(C)=O. The molecule has 0 N–H and O–H groups in total. The Morgan fingerprint density at radius 1 is 1.00 bits per heavy atom. The van der Waals surface area contributed by atoms with Crippen LogP contribution >= 0.6 is 0 Å². The van der Waals surface area contributed by atoms with E-state index in [1.807, 2.05) is 18.2 Å². The summed E-state index contributed by atoms with van der Waals surface area (Å²) in [6.07, 6.45) is 4.17. The van der Waals surface area contributed by atoms with Gasteiger partial charge in [0.1, 0.15) is 24.6 Å². The summed E-state index contributed by atoms with van der Waals surface area (Å²) in [5, 5.41) is 0. The monoisotopic (exact) mass is 462 g/mol. The zero-order valence-electron chi connectivity index (χ0n) is 20.3. The summed E-state index contributed by atoms with van der Waals surface area (Å²) in [5.74, 6) is 1.66. The van der Waals surface area contributed by atoms with Crippen LogP contribution < -0.4 is 4.74 Å². The first-order chi connectivity index (χ1) is 16.3. The van der Waals surface area contributed by atoms with Crippen molar-refractivity contribution in [1.29, 1.82) is 0 Å². The van der Waals surface area contributed by atoms with Crippen LogP contribution in [0.25, 0.3) is 0 Å². The zero-order valence-corrected chi connectivity index (χ0v) is 20.3. The van der Waals surface area contributed by atoms with Gasteiger partial charge in [-0.15, -0.1) is 0 Å². The zero-order chi connectivity index (χ0) is 23.9. The van der Waals surface area contributed by atoms with Crippen molar-refractivity contribution in [2.24, 2.45) is 17.3 Å². The van der Waals surface area contributed by atoms with Crippen molar-refractivity contribution in [1.82, 2.24) is 0 Å². The third-order valence-corrected chi connectivity index (χ3v) is 8.47. The van der Waals surface area contributed by atoms with E-state index in [-0.39, 0.29) is 29.6 Å². The van der Waals surface area contributed by atoms with Gasteiger partial charge in [0.25, 0.3) is 0 Å². The lowest BCUT2D eigenvalue weighted by Crippen LogP contribution is -2.46. The van der Waals surface area contributed by atoms with E-state index in [1.165, 1.54) is 25.0 Å². The van der Waals surface area contributed by atoms with Gasteiger partial charge in [-0.1, -0.05) is 43.3 Å². The van der Waals surface area contributed by atoms with Gasteiger partial charge < -0.3 is 14.2 Å². The van der Waals surface area contributed by atoms with Gasteiger partial charge in [0.05, 0.1) is 0 Å². The molecule has 0 bridgehead atoms. The maximum atomic E-state index is 11.9. The highest BCUT2D eigenvalue weighted by molar-refractivity contribution is 5.67. The summed E-state index contributed by atoms with van der Waals surface area (Å²) in [7, 11) is 0. The quantitative estimate of drug-likeness (QED) is 0.542. The van der Waals surface area contributed by atoms with E-state index >= 15 is 0 Å². The first-order valence-electron chi connectivity index (χ1n) is 12.5. The van der Waals surface area contributed by atoms with E-state index in [4.69, 9.17) is 14.2 Å². The van der Waals surface area contributed by atoms with Gasteiger partial charge in [-0.3, -0.25) is 9.59 Å². The highest BCUT2D eigenvalue weighted by Gasteiger charge is 2.61. The second-order valence-electron chi connectivity index (χ2n) is 10.5. The molecule has 0 amide bonds. The van der Waals surface area contributed by atoms with Crippen molar-refractivity contribution in [3.05, 3.63) is 65.2 Å². The Kier molecular flexibility index (Phi) is 6.13. The minimum absolute atomic E-state index is 0.163. The number of hydrogen-bond donors (Lipinski definition) is 0. The number of carbonyl (C=O) groups excluding carboxylic acids is 2. The maximum Gasteiger partial charge on any atom is 0.303 e. The summed E-state index contributed by atoms with van der Waals surface area (Å²) in [4.78, 5) is 23.7. The Labute approximate surface area is 201 Å². The molecule has 6 atom stereocenters. The molecule has 0 heterocycles. The summed E-state index contributed by atoms with van der Waals surface area (Å²) < 4.78 is 17.6. The summed E-state index contributed by atoms with van der Waals surface area (Å²) in [5.41, 5.74) is 3.83. The average Bonchev–Trinajstić information content (AvgIpc) is 3.08. The molecule has 2 aromatic carbocycles. The maximum absolute atomic E-state index is 11.9. The number of hydrogen-bond acceptors (Lipinski definition) is 5. The van der Waals surface area contributed by atoms with Crippen LogP contribution in [-0.4, -0.2) is 24.1 Å². The third kappa shape index (κ3) is 4.21. The van der Waals surface area contributed by atoms with Gasteiger partial charge in [-0.2, -0.15) is 0 Å². The van der Waals surface area contributed by atoms with Crippen LogP contribution in [-0.2, 0) is 32.1 Å². The number of aryl methyl sites for hydroxylation is 1. The van der Waals surface area contributed by atoms with E-state index in [0.717, 1.165) is 43.4 Å². The van der Waals surface area contributed by atoms with Gasteiger partial charge >= 0.3 is 11.9 Å². The average molecular weight is 463 g/mol. The lowest BCUT2D eigenvalue weighted by molar-refractivity contribution is -0.171. The molecular formula is C29H34O5. The van der Waals surface area contributed by atoms with E-state index in [1.54, 1.807) is 0 Å². The highest BCUT2D eigenvalue weighted by Crippen LogP contribution is 2.62. The molecule has 0 radical (unpaired) electrons. The van der Waals surface area contributed by atoms with Gasteiger partial charge in [-0.05, 0) is 78.7 Å². The normalized spacial score (nSPS) is 31.6. The fourth-order valence-electron chi connectivity index (χ4n) is 7.05. The molecule has 2 aromatic rings. The number of fused-ring (bicyclic) bond motifs is 5. The fraction of sp³-hybridized carbons (Fsp3) is 0.517. The minimum atomic E-state index is -0.366. The molecular weight excluding hydrogens is 428 g/mol. The molecule has 5 heteroatoms. The van der Waals surface area contributed by atoms with Crippen LogP contribution in [0.4, 0.5) is 0 Å². The molecule has 2 saturated carbocycles. The summed E-state index contributed by atoms with van der Waals surface area (Å²) in [6.45, 7) is 5.69. The number of rotatable bonds is 5. The topological polar surface area (TPSA) is 61.8 Å². The van der Waals surface area contributed by atoms with Crippen molar-refractivity contribution in [3.63, 3.8) is 0 Å². The van der Waals surface area contributed by atoms with Gasteiger partial charge in [0, 0.05) is 19.3 Å². The molecule has 3 aliphatic rings. The Morgan fingerprint density at radius 2 is 1.76 bits per heavy atom. The van der Waals surface area contributed by atoms with Crippen molar-refractivity contribution in [2.45, 2.75) is 77.6 Å².